The summed E-state index contributed by atoms with van der Waals surface area (Å²) in [6, 6.07) is 0.570. The van der Waals surface area contributed by atoms with E-state index >= 15 is 0 Å². The Morgan fingerprint density at radius 3 is 2.48 bits per heavy atom. The first-order valence-electron chi connectivity index (χ1n) is 9.23. The molecule has 1 heterocycles. The molecule has 3 aliphatic rings. The Bertz CT molecular complexity index is 1120. The van der Waals surface area contributed by atoms with E-state index in [0.29, 0.717) is 0 Å². The molecule has 31 heavy (non-hydrogen) atoms. The second-order valence-corrected chi connectivity index (χ2v) is 7.89. The molecular formula is C20H19FN2O8. The number of ether oxygens (including phenoxy) is 1. The molecule has 6 N–H and O–H groups in total. The van der Waals surface area contributed by atoms with Crippen LogP contribution in [-0.2, 0) is 25.5 Å². The first-order valence-corrected chi connectivity index (χ1v) is 9.23. The number of hydrogen-bond donors (Lipinski definition) is 5. The topological polar surface area (TPSA) is 171 Å². The van der Waals surface area contributed by atoms with Crippen molar-refractivity contribution in [2.24, 2.45) is 5.73 Å². The molecule has 10 nitrogen and oxygen atoms in total. The number of halogens is 1. The summed E-state index contributed by atoms with van der Waals surface area (Å²) in [4.78, 5) is 39.3. The molecule has 0 saturated carbocycles. The molecule has 4 atom stereocenters. The summed E-state index contributed by atoms with van der Waals surface area (Å²) in [5.41, 5.74) is 0.316. The Balaban J connectivity index is 1.99. The number of ketones is 2. The van der Waals surface area contributed by atoms with Gasteiger partial charge in [0.1, 0.15) is 35.0 Å². The monoisotopic (exact) mass is 434 g/mol. The van der Waals surface area contributed by atoms with Gasteiger partial charge in [0, 0.05) is 12.0 Å². The molecule has 1 fully saturated rings. The number of amides is 1. The molecular weight excluding hydrogens is 415 g/mol. The van der Waals surface area contributed by atoms with Crippen LogP contribution in [-0.4, -0.2) is 80.7 Å². The van der Waals surface area contributed by atoms with Crippen molar-refractivity contribution in [1.82, 2.24) is 4.90 Å². The Hall–Kier alpha value is -3.28. The number of phenolic OH excluding ortho intramolecular Hbond substituents is 1. The summed E-state index contributed by atoms with van der Waals surface area (Å²) < 4.78 is 20.1. The van der Waals surface area contributed by atoms with Crippen molar-refractivity contribution in [3.05, 3.63) is 46.0 Å². The number of aliphatic hydroxyl groups excluding tert-OH is 2. The highest BCUT2D eigenvalue weighted by Crippen LogP contribution is 2.47. The molecule has 4 rings (SSSR count). The number of aromatic hydroxyl groups is 1. The van der Waals surface area contributed by atoms with Crippen molar-refractivity contribution in [3.8, 4) is 5.75 Å². The summed E-state index contributed by atoms with van der Waals surface area (Å²) in [6.45, 7) is 0. The van der Waals surface area contributed by atoms with Gasteiger partial charge in [-0.05, 0) is 26.2 Å². The highest BCUT2D eigenvalue weighted by molar-refractivity contribution is 6.24. The van der Waals surface area contributed by atoms with Crippen molar-refractivity contribution in [3.63, 3.8) is 0 Å². The van der Waals surface area contributed by atoms with E-state index in [1.165, 1.54) is 19.0 Å². The van der Waals surface area contributed by atoms with Gasteiger partial charge in [-0.1, -0.05) is 0 Å². The van der Waals surface area contributed by atoms with Crippen LogP contribution in [0.2, 0.25) is 0 Å². The van der Waals surface area contributed by atoms with Gasteiger partial charge in [-0.25, -0.2) is 4.39 Å². The van der Waals surface area contributed by atoms with Crippen molar-refractivity contribution >= 4 is 23.2 Å². The smallest absolute Gasteiger partial charge is 0.255 e. The van der Waals surface area contributed by atoms with E-state index in [0.717, 1.165) is 12.1 Å². The van der Waals surface area contributed by atoms with Crippen molar-refractivity contribution < 1.29 is 43.9 Å². The maximum absolute atomic E-state index is 14.4. The lowest BCUT2D eigenvalue weighted by Crippen LogP contribution is -2.70. The van der Waals surface area contributed by atoms with Gasteiger partial charge in [-0.3, -0.25) is 19.3 Å². The predicted octanol–water partition coefficient (Wildman–Crippen LogP) is -0.766. The van der Waals surface area contributed by atoms with Crippen LogP contribution in [0, 0.1) is 5.82 Å². The van der Waals surface area contributed by atoms with Gasteiger partial charge in [-0.2, -0.15) is 0 Å². The van der Waals surface area contributed by atoms with Crippen molar-refractivity contribution in [2.45, 2.75) is 30.3 Å². The van der Waals surface area contributed by atoms with Crippen LogP contribution in [0.4, 0.5) is 4.39 Å². The van der Waals surface area contributed by atoms with E-state index in [4.69, 9.17) is 10.5 Å². The Labute approximate surface area is 174 Å². The molecule has 1 amide bonds. The molecule has 0 bridgehead atoms. The standard InChI is InChI=1S/C20H19FN2O8/c1-23(2)13-15(26)12(19(22)29)17(28)20(30)16(27)11-9(31-18(13)20)5-6-7(21)3-4-8(24)10(6)14(11)25/h3-4,9,13,18,24-25,28,30H,5H2,1-2H3,(H2,22,29)/t9-,13-,18+,20+/m1/s1. The van der Waals surface area contributed by atoms with Crippen LogP contribution < -0.4 is 5.73 Å². The zero-order valence-corrected chi connectivity index (χ0v) is 16.4. The molecule has 1 aromatic rings. The summed E-state index contributed by atoms with van der Waals surface area (Å²) in [7, 11) is 2.85. The number of likely N-dealkylation sites (N-methyl/N-ethyl adjacent to an activating group) is 1. The third-order valence-corrected chi connectivity index (χ3v) is 5.95. The zero-order chi connectivity index (χ0) is 23.0. The fourth-order valence-corrected chi connectivity index (χ4v) is 4.51. The van der Waals surface area contributed by atoms with Gasteiger partial charge >= 0.3 is 0 Å². The van der Waals surface area contributed by atoms with Crippen LogP contribution in [0.3, 0.4) is 0 Å². The minimum Gasteiger partial charge on any atom is -0.508 e. The number of carbonyl (C=O) groups excluding carboxylic acids is 3. The number of Topliss-reactive ketones (excluding diaryl/α,β-unsaturated/α-hetero) is 2. The lowest BCUT2D eigenvalue weighted by Gasteiger charge is -2.49. The summed E-state index contributed by atoms with van der Waals surface area (Å²) in [5, 5.41) is 42.6. The maximum Gasteiger partial charge on any atom is 0.255 e. The quantitative estimate of drug-likeness (QED) is 0.375. The van der Waals surface area contributed by atoms with E-state index in [-0.39, 0.29) is 17.5 Å². The fourth-order valence-electron chi connectivity index (χ4n) is 4.51. The van der Waals surface area contributed by atoms with Crippen LogP contribution >= 0.6 is 0 Å². The Morgan fingerprint density at radius 2 is 1.90 bits per heavy atom. The molecule has 1 aromatic carbocycles. The van der Waals surface area contributed by atoms with Gasteiger partial charge in [-0.15, -0.1) is 0 Å². The maximum atomic E-state index is 14.4. The van der Waals surface area contributed by atoms with Gasteiger partial charge in [0.2, 0.25) is 11.4 Å². The zero-order valence-electron chi connectivity index (χ0n) is 16.4. The molecule has 11 heteroatoms. The first kappa shape index (κ1) is 21.0. The predicted molar refractivity (Wildman–Crippen MR) is 101 cm³/mol. The van der Waals surface area contributed by atoms with E-state index in [2.05, 4.69) is 0 Å². The summed E-state index contributed by atoms with van der Waals surface area (Å²) in [5.74, 6) is -6.98. The van der Waals surface area contributed by atoms with Gasteiger partial charge in [0.05, 0.1) is 17.2 Å². The average Bonchev–Trinajstić information content (AvgIpc) is 2.67. The number of nitrogens with zero attached hydrogens (tertiary/aromatic N) is 1. The number of rotatable bonds is 2. The third-order valence-electron chi connectivity index (χ3n) is 5.95. The number of benzene rings is 1. The molecule has 2 aliphatic carbocycles. The molecule has 1 aliphatic heterocycles. The summed E-state index contributed by atoms with van der Waals surface area (Å²) in [6.07, 6.45) is -3.27. The second-order valence-electron chi connectivity index (χ2n) is 7.89. The molecule has 0 radical (unpaired) electrons. The number of phenols is 1. The van der Waals surface area contributed by atoms with E-state index in [1.807, 2.05) is 0 Å². The van der Waals surface area contributed by atoms with Crippen LogP contribution in [0.5, 0.6) is 5.75 Å². The molecule has 0 aromatic heterocycles. The number of carbonyl (C=O) groups is 3. The Morgan fingerprint density at radius 1 is 1.26 bits per heavy atom. The SMILES string of the molecule is CN(C)[C@@H]1C(=O)C(C(N)=O)=C(O)[C@@]2(O)C(=O)C3=C(O)c4c(O)ccc(F)c4C[C@H]3O[C@@H]12. The minimum absolute atomic E-state index is 0.120. The molecule has 1 saturated heterocycles. The molecule has 0 unspecified atom stereocenters. The normalized spacial score (nSPS) is 30.3. The minimum atomic E-state index is -2.92. The van der Waals surface area contributed by atoms with Crippen LogP contribution in [0.25, 0.3) is 5.76 Å². The lowest BCUT2D eigenvalue weighted by atomic mass is 9.69. The van der Waals surface area contributed by atoms with E-state index < -0.39 is 75.6 Å². The average molecular weight is 434 g/mol. The number of primary amides is 1. The third kappa shape index (κ3) is 2.57. The summed E-state index contributed by atoms with van der Waals surface area (Å²) >= 11 is 0. The van der Waals surface area contributed by atoms with Crippen LogP contribution in [0.15, 0.2) is 29.0 Å². The fraction of sp³-hybridized carbons (Fsp3) is 0.350. The van der Waals surface area contributed by atoms with E-state index in [9.17, 15) is 39.2 Å². The molecule has 164 valence electrons. The van der Waals surface area contributed by atoms with Gasteiger partial charge < -0.3 is 30.9 Å². The largest absolute Gasteiger partial charge is 0.508 e. The number of hydrogen-bond acceptors (Lipinski definition) is 9. The second kappa shape index (κ2) is 6.61. The van der Waals surface area contributed by atoms with Gasteiger partial charge in [0.25, 0.3) is 5.91 Å². The lowest BCUT2D eigenvalue weighted by molar-refractivity contribution is -0.186. The van der Waals surface area contributed by atoms with Crippen molar-refractivity contribution in [1.29, 1.82) is 0 Å². The number of fused-ring (bicyclic) bond motifs is 3. The molecule has 0 spiro atoms. The van der Waals surface area contributed by atoms with E-state index in [1.54, 1.807) is 0 Å². The number of nitrogens with two attached hydrogens (primary N) is 1. The first-order chi connectivity index (χ1) is 14.4. The number of aliphatic hydroxyl groups is 3. The van der Waals surface area contributed by atoms with Gasteiger partial charge in [0.15, 0.2) is 11.5 Å². The van der Waals surface area contributed by atoms with Crippen LogP contribution in [0.1, 0.15) is 11.1 Å². The Kier molecular flexibility index (Phi) is 4.47. The van der Waals surface area contributed by atoms with Crippen molar-refractivity contribution in [2.75, 3.05) is 14.1 Å². The highest BCUT2D eigenvalue weighted by Gasteiger charge is 2.65. The highest BCUT2D eigenvalue weighted by atomic mass is 19.1.